The van der Waals surface area contributed by atoms with Crippen molar-refractivity contribution in [3.8, 4) is 0 Å². The molecule has 2 fully saturated rings. The molecule has 0 atom stereocenters. The Morgan fingerprint density at radius 1 is 1.00 bits per heavy atom. The van der Waals surface area contributed by atoms with Gasteiger partial charge in [-0.3, -0.25) is 0 Å². The van der Waals surface area contributed by atoms with Crippen molar-refractivity contribution >= 4 is 15.9 Å². The lowest BCUT2D eigenvalue weighted by atomic mass is 9.91. The lowest BCUT2D eigenvalue weighted by Crippen LogP contribution is -2.14. The van der Waals surface area contributed by atoms with Crippen LogP contribution in [0.1, 0.15) is 48.6 Å². The fourth-order valence-corrected chi connectivity index (χ4v) is 3.27. The van der Waals surface area contributed by atoms with Crippen molar-refractivity contribution in [2.45, 2.75) is 37.5 Å². The number of hydrogen-bond acceptors (Lipinski definition) is 1. The summed E-state index contributed by atoms with van der Waals surface area (Å²) in [6.07, 6.45) is 5.09. The minimum Gasteiger partial charge on any atom is -0.381 e. The number of benzene rings is 1. The summed E-state index contributed by atoms with van der Waals surface area (Å²) in [6.45, 7) is 1.85. The largest absolute Gasteiger partial charge is 0.381 e. The molecule has 0 N–H and O–H groups in total. The summed E-state index contributed by atoms with van der Waals surface area (Å²) < 4.78 is 6.73. The predicted octanol–water partition coefficient (Wildman–Crippen LogP) is 4.22. The molecule has 1 aromatic rings. The molecule has 1 heterocycles. The van der Waals surface area contributed by atoms with E-state index in [-0.39, 0.29) is 0 Å². The molecule has 1 aromatic carbocycles. The Morgan fingerprint density at radius 2 is 1.75 bits per heavy atom. The SMILES string of the molecule is Brc1cc(C2CCOCC2)ccc1C1CC1. The molecule has 2 heteroatoms. The van der Waals surface area contributed by atoms with Crippen LogP contribution in [0.4, 0.5) is 0 Å². The highest BCUT2D eigenvalue weighted by atomic mass is 79.9. The smallest absolute Gasteiger partial charge is 0.0471 e. The Bertz CT molecular complexity index is 378. The molecule has 1 aliphatic carbocycles. The van der Waals surface area contributed by atoms with Gasteiger partial charge >= 0.3 is 0 Å². The third-order valence-electron chi connectivity index (χ3n) is 3.73. The van der Waals surface area contributed by atoms with Crippen LogP contribution >= 0.6 is 15.9 Å². The normalized spacial score (nSPS) is 22.3. The zero-order chi connectivity index (χ0) is 11.0. The van der Waals surface area contributed by atoms with E-state index in [4.69, 9.17) is 4.74 Å². The van der Waals surface area contributed by atoms with E-state index < -0.39 is 0 Å². The molecule has 1 aliphatic heterocycles. The van der Waals surface area contributed by atoms with E-state index in [1.165, 1.54) is 41.3 Å². The molecule has 1 saturated carbocycles. The van der Waals surface area contributed by atoms with Crippen LogP contribution in [-0.4, -0.2) is 13.2 Å². The van der Waals surface area contributed by atoms with Gasteiger partial charge in [-0.2, -0.15) is 0 Å². The van der Waals surface area contributed by atoms with E-state index in [0.29, 0.717) is 5.92 Å². The van der Waals surface area contributed by atoms with Crippen LogP contribution in [0.5, 0.6) is 0 Å². The van der Waals surface area contributed by atoms with Gasteiger partial charge < -0.3 is 4.74 Å². The second kappa shape index (κ2) is 4.50. The van der Waals surface area contributed by atoms with Gasteiger partial charge in [-0.1, -0.05) is 28.1 Å². The van der Waals surface area contributed by atoms with Crippen LogP contribution in [0.2, 0.25) is 0 Å². The van der Waals surface area contributed by atoms with E-state index in [1.54, 1.807) is 0 Å². The Balaban J connectivity index is 1.81. The fraction of sp³-hybridized carbons (Fsp3) is 0.571. The molecule has 2 aliphatic rings. The lowest BCUT2D eigenvalue weighted by Gasteiger charge is -2.23. The third kappa shape index (κ3) is 2.18. The molecule has 0 spiro atoms. The maximum atomic E-state index is 5.41. The van der Waals surface area contributed by atoms with Gasteiger partial charge in [0.25, 0.3) is 0 Å². The predicted molar refractivity (Wildman–Crippen MR) is 68.9 cm³/mol. The molecule has 0 amide bonds. The minimum atomic E-state index is 0.707. The first-order chi connectivity index (χ1) is 7.84. The van der Waals surface area contributed by atoms with Gasteiger partial charge in [-0.25, -0.2) is 0 Å². The molecule has 16 heavy (non-hydrogen) atoms. The van der Waals surface area contributed by atoms with E-state index in [9.17, 15) is 0 Å². The zero-order valence-electron chi connectivity index (χ0n) is 9.42. The van der Waals surface area contributed by atoms with Gasteiger partial charge in [0.1, 0.15) is 0 Å². The molecular formula is C14H17BrO. The summed E-state index contributed by atoms with van der Waals surface area (Å²) in [6, 6.07) is 6.99. The van der Waals surface area contributed by atoms with Gasteiger partial charge in [0.2, 0.25) is 0 Å². The molecule has 0 radical (unpaired) electrons. The second-order valence-corrected chi connectivity index (χ2v) is 5.80. The first kappa shape index (κ1) is 10.8. The summed E-state index contributed by atoms with van der Waals surface area (Å²) in [5, 5.41) is 0. The van der Waals surface area contributed by atoms with E-state index >= 15 is 0 Å². The van der Waals surface area contributed by atoms with Crippen molar-refractivity contribution in [2.75, 3.05) is 13.2 Å². The molecule has 0 unspecified atom stereocenters. The summed E-state index contributed by atoms with van der Waals surface area (Å²) in [5.74, 6) is 1.54. The highest BCUT2D eigenvalue weighted by Gasteiger charge is 2.26. The van der Waals surface area contributed by atoms with Crippen LogP contribution in [-0.2, 0) is 4.74 Å². The Labute approximate surface area is 105 Å². The van der Waals surface area contributed by atoms with E-state index in [1.807, 2.05) is 0 Å². The fourth-order valence-electron chi connectivity index (χ4n) is 2.55. The van der Waals surface area contributed by atoms with Crippen LogP contribution < -0.4 is 0 Å². The van der Waals surface area contributed by atoms with Crippen molar-refractivity contribution in [1.82, 2.24) is 0 Å². The molecule has 3 rings (SSSR count). The van der Waals surface area contributed by atoms with E-state index in [2.05, 4.69) is 34.1 Å². The molecule has 1 nitrogen and oxygen atoms in total. The monoisotopic (exact) mass is 280 g/mol. The molecular weight excluding hydrogens is 264 g/mol. The number of ether oxygens (including phenoxy) is 1. The summed E-state index contributed by atoms with van der Waals surface area (Å²) in [7, 11) is 0. The Hall–Kier alpha value is -0.340. The number of hydrogen-bond donors (Lipinski definition) is 0. The molecule has 1 saturated heterocycles. The standard InChI is InChI=1S/C14H17BrO/c15-14-9-12(10-5-7-16-8-6-10)3-4-13(14)11-1-2-11/h3-4,9-11H,1-2,5-8H2. The maximum Gasteiger partial charge on any atom is 0.0471 e. The summed E-state index contributed by atoms with van der Waals surface area (Å²) >= 11 is 3.72. The second-order valence-electron chi connectivity index (χ2n) is 4.94. The average molecular weight is 281 g/mol. The maximum absolute atomic E-state index is 5.41. The van der Waals surface area contributed by atoms with E-state index in [0.717, 1.165) is 19.1 Å². The van der Waals surface area contributed by atoms with Crippen molar-refractivity contribution in [2.24, 2.45) is 0 Å². The highest BCUT2D eigenvalue weighted by Crippen LogP contribution is 2.44. The van der Waals surface area contributed by atoms with Crippen LogP contribution in [0.3, 0.4) is 0 Å². The summed E-state index contributed by atoms with van der Waals surface area (Å²) in [5.41, 5.74) is 3.00. The number of rotatable bonds is 2. The quantitative estimate of drug-likeness (QED) is 0.788. The first-order valence-electron chi connectivity index (χ1n) is 6.21. The van der Waals surface area contributed by atoms with Crippen molar-refractivity contribution in [3.63, 3.8) is 0 Å². The van der Waals surface area contributed by atoms with Crippen molar-refractivity contribution in [3.05, 3.63) is 33.8 Å². The minimum absolute atomic E-state index is 0.707. The van der Waals surface area contributed by atoms with Gasteiger partial charge in [0, 0.05) is 17.7 Å². The summed E-state index contributed by atoms with van der Waals surface area (Å²) in [4.78, 5) is 0. The molecule has 0 bridgehead atoms. The van der Waals surface area contributed by atoms with Gasteiger partial charge in [0.15, 0.2) is 0 Å². The van der Waals surface area contributed by atoms with Crippen molar-refractivity contribution < 1.29 is 4.74 Å². The highest BCUT2D eigenvalue weighted by molar-refractivity contribution is 9.10. The van der Waals surface area contributed by atoms with Gasteiger partial charge in [0.05, 0.1) is 0 Å². The Kier molecular flexibility index (Phi) is 3.03. The van der Waals surface area contributed by atoms with Gasteiger partial charge in [-0.15, -0.1) is 0 Å². The van der Waals surface area contributed by atoms with Crippen LogP contribution in [0.15, 0.2) is 22.7 Å². The first-order valence-corrected chi connectivity index (χ1v) is 7.01. The van der Waals surface area contributed by atoms with Gasteiger partial charge in [-0.05, 0) is 54.7 Å². The molecule has 0 aromatic heterocycles. The van der Waals surface area contributed by atoms with Crippen molar-refractivity contribution in [1.29, 1.82) is 0 Å². The topological polar surface area (TPSA) is 9.23 Å². The zero-order valence-corrected chi connectivity index (χ0v) is 11.0. The van der Waals surface area contributed by atoms with Crippen LogP contribution in [0.25, 0.3) is 0 Å². The molecule has 86 valence electrons. The Morgan fingerprint density at radius 3 is 2.38 bits per heavy atom. The third-order valence-corrected chi connectivity index (χ3v) is 4.42. The van der Waals surface area contributed by atoms with Crippen LogP contribution in [0, 0.1) is 0 Å². The lowest BCUT2D eigenvalue weighted by molar-refractivity contribution is 0.0853. The number of halogens is 1. The average Bonchev–Trinajstić information content (AvgIpc) is 3.14.